The predicted molar refractivity (Wildman–Crippen MR) is 92.7 cm³/mol. The van der Waals surface area contributed by atoms with Gasteiger partial charge in [-0.25, -0.2) is 4.79 Å². The Morgan fingerprint density at radius 3 is 2.26 bits per heavy atom. The van der Waals surface area contributed by atoms with Gasteiger partial charge in [0.25, 0.3) is 0 Å². The van der Waals surface area contributed by atoms with Gasteiger partial charge in [0.2, 0.25) is 0 Å². The number of benzene rings is 1. The zero-order chi connectivity index (χ0) is 17.5. The molecule has 1 aromatic carbocycles. The third kappa shape index (κ3) is 7.88. The number of carbonyl (C=O) groups excluding carboxylic acids is 1. The minimum Gasteiger partial charge on any atom is -0.497 e. The van der Waals surface area contributed by atoms with Crippen LogP contribution in [0.1, 0.15) is 40.2 Å². The lowest BCUT2D eigenvalue weighted by Crippen LogP contribution is -2.45. The molecule has 0 saturated heterocycles. The van der Waals surface area contributed by atoms with E-state index in [1.165, 1.54) is 5.56 Å². The Kier molecular flexibility index (Phi) is 7.36. The van der Waals surface area contributed by atoms with Crippen molar-refractivity contribution in [2.75, 3.05) is 13.7 Å². The van der Waals surface area contributed by atoms with E-state index < -0.39 is 5.60 Å². The molecule has 5 nitrogen and oxygen atoms in total. The number of nitrogens with one attached hydrogen (secondary N) is 2. The highest BCUT2D eigenvalue weighted by molar-refractivity contribution is 5.67. The maximum atomic E-state index is 11.8. The molecular weight excluding hydrogens is 292 g/mol. The predicted octanol–water partition coefficient (Wildman–Crippen LogP) is 3.33. The summed E-state index contributed by atoms with van der Waals surface area (Å²) < 4.78 is 10.4. The molecule has 1 atom stereocenters. The van der Waals surface area contributed by atoms with Gasteiger partial charge in [0.05, 0.1) is 7.11 Å². The van der Waals surface area contributed by atoms with E-state index in [-0.39, 0.29) is 12.1 Å². The van der Waals surface area contributed by atoms with Gasteiger partial charge in [0, 0.05) is 19.1 Å². The van der Waals surface area contributed by atoms with Crippen molar-refractivity contribution in [3.05, 3.63) is 29.8 Å². The lowest BCUT2D eigenvalue weighted by Gasteiger charge is -2.25. The fourth-order valence-electron chi connectivity index (χ4n) is 2.04. The van der Waals surface area contributed by atoms with Crippen LogP contribution >= 0.6 is 0 Å². The Balaban J connectivity index is 2.47. The SMILES string of the molecule is COc1ccc(CNC(CNC(=O)OC(C)(C)C)C(C)C)cc1. The monoisotopic (exact) mass is 322 g/mol. The van der Waals surface area contributed by atoms with Crippen molar-refractivity contribution in [1.82, 2.24) is 10.6 Å². The topological polar surface area (TPSA) is 59.6 Å². The number of rotatable bonds is 7. The molecule has 0 radical (unpaired) electrons. The highest BCUT2D eigenvalue weighted by Crippen LogP contribution is 2.12. The Hall–Kier alpha value is -1.75. The minimum atomic E-state index is -0.478. The summed E-state index contributed by atoms with van der Waals surface area (Å²) in [5.41, 5.74) is 0.696. The van der Waals surface area contributed by atoms with E-state index in [1.54, 1.807) is 7.11 Å². The van der Waals surface area contributed by atoms with Crippen LogP contribution in [-0.4, -0.2) is 31.4 Å². The highest BCUT2D eigenvalue weighted by atomic mass is 16.6. The van der Waals surface area contributed by atoms with Crippen molar-refractivity contribution in [3.8, 4) is 5.75 Å². The van der Waals surface area contributed by atoms with Gasteiger partial charge in [-0.3, -0.25) is 0 Å². The van der Waals surface area contributed by atoms with Gasteiger partial charge in [-0.05, 0) is 44.4 Å². The maximum absolute atomic E-state index is 11.8. The van der Waals surface area contributed by atoms with Crippen LogP contribution in [0.15, 0.2) is 24.3 Å². The van der Waals surface area contributed by atoms with Crippen molar-refractivity contribution in [1.29, 1.82) is 0 Å². The smallest absolute Gasteiger partial charge is 0.407 e. The molecule has 0 bridgehead atoms. The molecule has 130 valence electrons. The summed E-state index contributed by atoms with van der Waals surface area (Å²) >= 11 is 0. The van der Waals surface area contributed by atoms with Crippen molar-refractivity contribution >= 4 is 6.09 Å². The molecular formula is C18H30N2O3. The van der Waals surface area contributed by atoms with Gasteiger partial charge in [-0.1, -0.05) is 26.0 Å². The molecule has 5 heteroatoms. The van der Waals surface area contributed by atoms with Crippen LogP contribution in [0.5, 0.6) is 5.75 Å². The van der Waals surface area contributed by atoms with Crippen LogP contribution in [-0.2, 0) is 11.3 Å². The number of methoxy groups -OCH3 is 1. The van der Waals surface area contributed by atoms with E-state index in [0.29, 0.717) is 12.5 Å². The normalized spacial score (nSPS) is 12.8. The number of amides is 1. The molecule has 1 aromatic rings. The van der Waals surface area contributed by atoms with Gasteiger partial charge >= 0.3 is 6.09 Å². The molecule has 23 heavy (non-hydrogen) atoms. The van der Waals surface area contributed by atoms with E-state index >= 15 is 0 Å². The van der Waals surface area contributed by atoms with E-state index in [1.807, 2.05) is 45.0 Å². The van der Waals surface area contributed by atoms with Crippen LogP contribution in [0.4, 0.5) is 4.79 Å². The average molecular weight is 322 g/mol. The number of hydrogen-bond acceptors (Lipinski definition) is 4. The van der Waals surface area contributed by atoms with Crippen molar-refractivity contribution in [2.24, 2.45) is 5.92 Å². The molecule has 0 aromatic heterocycles. The van der Waals surface area contributed by atoms with E-state index in [0.717, 1.165) is 12.3 Å². The van der Waals surface area contributed by atoms with E-state index in [4.69, 9.17) is 9.47 Å². The van der Waals surface area contributed by atoms with Crippen LogP contribution < -0.4 is 15.4 Å². The molecule has 0 aliphatic rings. The van der Waals surface area contributed by atoms with Crippen LogP contribution in [0, 0.1) is 5.92 Å². The van der Waals surface area contributed by atoms with Crippen molar-refractivity contribution in [3.63, 3.8) is 0 Å². The third-order valence-electron chi connectivity index (χ3n) is 3.40. The molecule has 1 unspecified atom stereocenters. The van der Waals surface area contributed by atoms with Crippen LogP contribution in [0.25, 0.3) is 0 Å². The first-order valence-electron chi connectivity index (χ1n) is 8.04. The fraction of sp³-hybridized carbons (Fsp3) is 0.611. The molecule has 0 heterocycles. The summed E-state index contributed by atoms with van der Waals surface area (Å²) in [7, 11) is 1.66. The molecule has 1 rings (SSSR count). The summed E-state index contributed by atoms with van der Waals surface area (Å²) in [6.45, 7) is 11.1. The minimum absolute atomic E-state index is 0.171. The summed E-state index contributed by atoms with van der Waals surface area (Å²) in [6, 6.07) is 8.13. The van der Waals surface area contributed by atoms with Gasteiger partial charge in [-0.2, -0.15) is 0 Å². The summed E-state index contributed by atoms with van der Waals surface area (Å²) in [6.07, 6.45) is -0.380. The Bertz CT molecular complexity index is 478. The molecule has 2 N–H and O–H groups in total. The van der Waals surface area contributed by atoms with E-state index in [2.05, 4.69) is 24.5 Å². The van der Waals surface area contributed by atoms with Crippen LogP contribution in [0.2, 0.25) is 0 Å². The lowest BCUT2D eigenvalue weighted by atomic mass is 10.0. The lowest BCUT2D eigenvalue weighted by molar-refractivity contribution is 0.0519. The number of alkyl carbamates (subject to hydrolysis) is 1. The first-order valence-corrected chi connectivity index (χ1v) is 8.04. The Morgan fingerprint density at radius 1 is 1.17 bits per heavy atom. The first kappa shape index (κ1) is 19.3. The third-order valence-corrected chi connectivity index (χ3v) is 3.40. The van der Waals surface area contributed by atoms with Gasteiger partial charge < -0.3 is 20.1 Å². The number of carbonyl (C=O) groups is 1. The fourth-order valence-corrected chi connectivity index (χ4v) is 2.04. The number of hydrogen-bond donors (Lipinski definition) is 2. The second kappa shape index (κ2) is 8.77. The second-order valence-corrected chi connectivity index (χ2v) is 6.96. The summed E-state index contributed by atoms with van der Waals surface area (Å²) in [4.78, 5) is 11.8. The van der Waals surface area contributed by atoms with Crippen molar-refractivity contribution < 1.29 is 14.3 Å². The van der Waals surface area contributed by atoms with Gasteiger partial charge in [0.1, 0.15) is 11.4 Å². The zero-order valence-corrected chi connectivity index (χ0v) is 15.1. The summed E-state index contributed by atoms with van der Waals surface area (Å²) in [5.74, 6) is 1.24. The van der Waals surface area contributed by atoms with Gasteiger partial charge in [-0.15, -0.1) is 0 Å². The molecule has 0 aliphatic heterocycles. The van der Waals surface area contributed by atoms with Gasteiger partial charge in [0.15, 0.2) is 0 Å². The molecule has 0 spiro atoms. The Labute approximate surface area is 139 Å². The summed E-state index contributed by atoms with van der Waals surface area (Å²) in [5, 5.41) is 6.31. The molecule has 0 fully saturated rings. The van der Waals surface area contributed by atoms with Crippen molar-refractivity contribution in [2.45, 2.75) is 52.8 Å². The average Bonchev–Trinajstić information content (AvgIpc) is 2.45. The zero-order valence-electron chi connectivity index (χ0n) is 15.1. The second-order valence-electron chi connectivity index (χ2n) is 6.96. The molecule has 0 aliphatic carbocycles. The highest BCUT2D eigenvalue weighted by Gasteiger charge is 2.18. The largest absolute Gasteiger partial charge is 0.497 e. The van der Waals surface area contributed by atoms with E-state index in [9.17, 15) is 4.79 Å². The van der Waals surface area contributed by atoms with Crippen LogP contribution in [0.3, 0.4) is 0 Å². The Morgan fingerprint density at radius 2 is 1.78 bits per heavy atom. The quantitative estimate of drug-likeness (QED) is 0.808. The maximum Gasteiger partial charge on any atom is 0.407 e. The molecule has 0 saturated carbocycles. The molecule has 1 amide bonds. The standard InChI is InChI=1S/C18H30N2O3/c1-13(2)16(12-20-17(21)23-18(3,4)5)19-11-14-7-9-15(22-6)10-8-14/h7-10,13,16,19H,11-12H2,1-6H3,(H,20,21). The number of ether oxygens (including phenoxy) is 2. The first-order chi connectivity index (χ1) is 10.7.